The number of rotatable bonds is 15. The van der Waals surface area contributed by atoms with Crippen molar-refractivity contribution in [3.05, 3.63) is 95.1 Å². The predicted octanol–water partition coefficient (Wildman–Crippen LogP) is 6.20. The first-order valence-electron chi connectivity index (χ1n) is 17.9. The van der Waals surface area contributed by atoms with E-state index in [9.17, 15) is 19.2 Å². The van der Waals surface area contributed by atoms with Gasteiger partial charge in [0.05, 0.1) is 34.9 Å². The van der Waals surface area contributed by atoms with Crippen molar-refractivity contribution < 1.29 is 33.4 Å². The average Bonchev–Trinajstić information content (AvgIpc) is 3.82. The van der Waals surface area contributed by atoms with Gasteiger partial charge in [-0.05, 0) is 78.6 Å². The minimum absolute atomic E-state index is 0.167. The van der Waals surface area contributed by atoms with Crippen LogP contribution in [0.1, 0.15) is 62.2 Å². The van der Waals surface area contributed by atoms with Crippen LogP contribution < -0.4 is 15.4 Å². The van der Waals surface area contributed by atoms with E-state index in [1.54, 1.807) is 35.3 Å². The zero-order valence-electron chi connectivity index (χ0n) is 31.0. The molecular formula is C41H48N4O7S. The van der Waals surface area contributed by atoms with Gasteiger partial charge >= 0.3 is 5.97 Å². The standard InChI is InChI=1S/C41H48N4O7S/c1-6-51-40(49)32-15-13-29(14-16-32)30-17-19-33(20-18-30)52-23-22-50-25-35(46)44-37(41(3,4)5)39(48)45-21-7-8-34(45)38(47)42-24-28-9-11-31(12-10-28)36-27(2)43-26-53-36/h9-20,26,34,37H,6-8,21-25H2,1-5H3,(H,42,47)(H,44,46). The Kier molecular flexibility index (Phi) is 13.4. The zero-order chi connectivity index (χ0) is 38.0. The highest BCUT2D eigenvalue weighted by molar-refractivity contribution is 7.13. The predicted molar refractivity (Wildman–Crippen MR) is 204 cm³/mol. The van der Waals surface area contributed by atoms with E-state index >= 15 is 0 Å². The number of likely N-dealkylation sites (tertiary alicyclic amines) is 1. The van der Waals surface area contributed by atoms with Crippen LogP contribution in [0.4, 0.5) is 0 Å². The summed E-state index contributed by atoms with van der Waals surface area (Å²) in [6, 6.07) is 21.3. The van der Waals surface area contributed by atoms with E-state index in [1.165, 1.54) is 0 Å². The van der Waals surface area contributed by atoms with Crippen molar-refractivity contribution in [2.24, 2.45) is 5.41 Å². The lowest BCUT2D eigenvalue weighted by atomic mass is 9.85. The smallest absolute Gasteiger partial charge is 0.338 e. The van der Waals surface area contributed by atoms with Crippen molar-refractivity contribution in [2.45, 2.75) is 66.1 Å². The summed E-state index contributed by atoms with van der Waals surface area (Å²) in [7, 11) is 0. The van der Waals surface area contributed by atoms with Gasteiger partial charge in [-0.1, -0.05) is 69.3 Å². The lowest BCUT2D eigenvalue weighted by molar-refractivity contribution is -0.144. The minimum atomic E-state index is -0.842. The monoisotopic (exact) mass is 740 g/mol. The van der Waals surface area contributed by atoms with E-state index in [1.807, 2.05) is 93.9 Å². The number of aryl methyl sites for hydroxylation is 1. The summed E-state index contributed by atoms with van der Waals surface area (Å²) in [6.07, 6.45) is 1.26. The molecule has 2 atom stereocenters. The zero-order valence-corrected chi connectivity index (χ0v) is 31.8. The Morgan fingerprint density at radius 1 is 0.925 bits per heavy atom. The molecule has 0 saturated carbocycles. The lowest BCUT2D eigenvalue weighted by Crippen LogP contribution is -2.58. The van der Waals surface area contributed by atoms with E-state index in [2.05, 4.69) is 15.6 Å². The van der Waals surface area contributed by atoms with E-state index < -0.39 is 23.4 Å². The number of nitrogens with zero attached hydrogens (tertiary/aromatic N) is 2. The molecule has 0 spiro atoms. The number of amides is 3. The van der Waals surface area contributed by atoms with Crippen molar-refractivity contribution in [3.8, 4) is 27.3 Å². The first kappa shape index (κ1) is 39.1. The topological polar surface area (TPSA) is 136 Å². The van der Waals surface area contributed by atoms with Crippen LogP contribution in [0.5, 0.6) is 5.75 Å². The van der Waals surface area contributed by atoms with E-state index in [-0.39, 0.29) is 37.6 Å². The first-order chi connectivity index (χ1) is 25.4. The van der Waals surface area contributed by atoms with Crippen molar-refractivity contribution in [3.63, 3.8) is 0 Å². The Bertz CT molecular complexity index is 1850. The molecule has 0 aliphatic carbocycles. The van der Waals surface area contributed by atoms with Crippen LogP contribution >= 0.6 is 11.3 Å². The van der Waals surface area contributed by atoms with Crippen LogP contribution in [0.25, 0.3) is 21.6 Å². The average molecular weight is 741 g/mol. The number of hydrogen-bond donors (Lipinski definition) is 2. The molecule has 5 rings (SSSR count). The number of thiazole rings is 1. The molecule has 1 aliphatic heterocycles. The van der Waals surface area contributed by atoms with Gasteiger partial charge in [-0.25, -0.2) is 9.78 Å². The number of carbonyl (C=O) groups is 4. The lowest BCUT2D eigenvalue weighted by Gasteiger charge is -2.35. The summed E-state index contributed by atoms with van der Waals surface area (Å²) in [6.45, 7) is 10.7. The van der Waals surface area contributed by atoms with Crippen LogP contribution in [-0.2, 0) is 30.4 Å². The molecular weight excluding hydrogens is 693 g/mol. The fraction of sp³-hybridized carbons (Fsp3) is 0.390. The van der Waals surface area contributed by atoms with Crippen molar-refractivity contribution in [1.82, 2.24) is 20.5 Å². The van der Waals surface area contributed by atoms with Gasteiger partial charge in [0.25, 0.3) is 0 Å². The Morgan fingerprint density at radius 3 is 2.21 bits per heavy atom. The normalized spacial score (nSPS) is 14.7. The van der Waals surface area contributed by atoms with Gasteiger partial charge in [0.2, 0.25) is 17.7 Å². The Labute approximate surface area is 315 Å². The fourth-order valence-electron chi connectivity index (χ4n) is 6.12. The number of aromatic nitrogens is 1. The van der Waals surface area contributed by atoms with Crippen molar-refractivity contribution in [2.75, 3.05) is 33.0 Å². The molecule has 4 aromatic rings. The molecule has 1 saturated heterocycles. The third kappa shape index (κ3) is 10.5. The number of carbonyl (C=O) groups excluding carboxylic acids is 4. The third-order valence-electron chi connectivity index (χ3n) is 9.00. The molecule has 1 fully saturated rings. The molecule has 0 radical (unpaired) electrons. The van der Waals surface area contributed by atoms with Crippen LogP contribution in [-0.4, -0.2) is 78.6 Å². The number of esters is 1. The molecule has 0 bridgehead atoms. The molecule has 2 unspecified atom stereocenters. The van der Waals surface area contributed by atoms with Gasteiger partial charge in [0.15, 0.2) is 0 Å². The Morgan fingerprint density at radius 2 is 1.58 bits per heavy atom. The van der Waals surface area contributed by atoms with Gasteiger partial charge in [-0.15, -0.1) is 11.3 Å². The summed E-state index contributed by atoms with van der Waals surface area (Å²) in [5.41, 5.74) is 6.68. The van der Waals surface area contributed by atoms with Crippen LogP contribution in [0.3, 0.4) is 0 Å². The van der Waals surface area contributed by atoms with E-state index in [0.29, 0.717) is 43.9 Å². The summed E-state index contributed by atoms with van der Waals surface area (Å²) >= 11 is 1.60. The molecule has 11 nitrogen and oxygen atoms in total. The molecule has 1 aromatic heterocycles. The highest BCUT2D eigenvalue weighted by Gasteiger charge is 2.41. The number of hydrogen-bond acceptors (Lipinski definition) is 9. The Hall–Kier alpha value is -5.07. The second-order valence-electron chi connectivity index (χ2n) is 14.0. The van der Waals surface area contributed by atoms with Gasteiger partial charge in [-0.3, -0.25) is 14.4 Å². The summed E-state index contributed by atoms with van der Waals surface area (Å²) in [5.74, 6) is -0.616. The van der Waals surface area contributed by atoms with Gasteiger partial charge in [-0.2, -0.15) is 0 Å². The molecule has 2 N–H and O–H groups in total. The van der Waals surface area contributed by atoms with Gasteiger partial charge < -0.3 is 29.7 Å². The summed E-state index contributed by atoms with van der Waals surface area (Å²) in [5, 5.41) is 5.87. The molecule has 12 heteroatoms. The van der Waals surface area contributed by atoms with Crippen molar-refractivity contribution >= 4 is 35.0 Å². The second kappa shape index (κ2) is 18.1. The first-order valence-corrected chi connectivity index (χ1v) is 18.8. The minimum Gasteiger partial charge on any atom is -0.491 e. The highest BCUT2D eigenvalue weighted by Crippen LogP contribution is 2.28. The molecule has 3 amide bonds. The van der Waals surface area contributed by atoms with Crippen LogP contribution in [0.2, 0.25) is 0 Å². The highest BCUT2D eigenvalue weighted by atomic mass is 32.1. The van der Waals surface area contributed by atoms with Gasteiger partial charge in [0.1, 0.15) is 31.0 Å². The third-order valence-corrected chi connectivity index (χ3v) is 9.98. The van der Waals surface area contributed by atoms with Crippen LogP contribution in [0, 0.1) is 12.3 Å². The quantitative estimate of drug-likeness (QED) is 0.109. The number of benzene rings is 3. The summed E-state index contributed by atoms with van der Waals surface area (Å²) in [4.78, 5) is 59.1. The fourth-order valence-corrected chi connectivity index (χ4v) is 6.93. The largest absolute Gasteiger partial charge is 0.491 e. The maximum absolute atomic E-state index is 13.9. The van der Waals surface area contributed by atoms with Crippen molar-refractivity contribution in [1.29, 1.82) is 0 Å². The van der Waals surface area contributed by atoms with Gasteiger partial charge in [0, 0.05) is 13.1 Å². The van der Waals surface area contributed by atoms with Crippen LogP contribution in [0.15, 0.2) is 78.3 Å². The molecule has 2 heterocycles. The van der Waals surface area contributed by atoms with E-state index in [0.717, 1.165) is 32.8 Å². The molecule has 1 aliphatic rings. The maximum Gasteiger partial charge on any atom is 0.338 e. The number of nitrogens with one attached hydrogen (secondary N) is 2. The Balaban J connectivity index is 1.06. The second-order valence-corrected chi connectivity index (χ2v) is 14.8. The number of ether oxygens (including phenoxy) is 3. The van der Waals surface area contributed by atoms with E-state index in [4.69, 9.17) is 14.2 Å². The SMILES string of the molecule is CCOC(=O)c1ccc(-c2ccc(OCCOCC(=O)NC(C(=O)N3CCCC3C(=O)NCc3ccc(-c4scnc4C)cc3)C(C)(C)C)cc2)cc1. The summed E-state index contributed by atoms with van der Waals surface area (Å²) < 4.78 is 16.4. The maximum atomic E-state index is 13.9. The molecule has 53 heavy (non-hydrogen) atoms. The molecule has 3 aromatic carbocycles. The molecule has 280 valence electrons.